The number of hydrogen-bond acceptors (Lipinski definition) is 4. The van der Waals surface area contributed by atoms with Gasteiger partial charge in [0.1, 0.15) is 13.4 Å². The Morgan fingerprint density at radius 2 is 1.50 bits per heavy atom. The number of amides is 2. The molecule has 6 heteroatoms. The standard InChI is InChI=1S/C29H18N2O3.CH2O.13H2/c1-4-5-6-7-8-9-10-11-12-13-14-15-16-19-25-20-17-18-23(2)27(25)28-26(21-34-22-32)24(3)30-29(33)31-28;1-2;;;;;;;;;;;;;/h17-18,20,22,28H,21H2,1-3H3,(H2,30,31,33);1H2;13*1H. The Bertz CT molecular complexity index is 1520. The Hall–Kier alpha value is -5.71. The lowest BCUT2D eigenvalue weighted by atomic mass is 9.89. The molecular weight excluding hydrogens is 452 g/mol. The van der Waals surface area contributed by atoms with Crippen LogP contribution in [-0.4, -0.2) is 25.9 Å². The third-order valence-electron chi connectivity index (χ3n) is 4.34. The quantitative estimate of drug-likeness (QED) is 0.441. The number of allylic oxidation sites excluding steroid dienone is 1. The van der Waals surface area contributed by atoms with Gasteiger partial charge in [0.2, 0.25) is 0 Å². The zero-order chi connectivity index (χ0) is 26.6. The van der Waals surface area contributed by atoms with Crippen LogP contribution in [0.3, 0.4) is 0 Å². The molecule has 0 spiro atoms. The second-order valence-electron chi connectivity index (χ2n) is 6.50. The van der Waals surface area contributed by atoms with Gasteiger partial charge in [0, 0.05) is 35.4 Å². The highest BCUT2D eigenvalue weighted by Crippen LogP contribution is 2.31. The second-order valence-corrected chi connectivity index (χ2v) is 6.50. The molecule has 1 heterocycles. The van der Waals surface area contributed by atoms with Crippen molar-refractivity contribution in [1.82, 2.24) is 10.6 Å². The summed E-state index contributed by atoms with van der Waals surface area (Å²) in [5.41, 5.74) is 3.77. The van der Waals surface area contributed by atoms with E-state index in [2.05, 4.69) is 93.5 Å². The molecule has 1 aliphatic rings. The largest absolute Gasteiger partial charge is 0.463 e. The summed E-state index contributed by atoms with van der Waals surface area (Å²) in [6.07, 6.45) is 0. The zero-order valence-electron chi connectivity index (χ0n) is 19.9. The smallest absolute Gasteiger partial charge is 0.319 e. The van der Waals surface area contributed by atoms with Gasteiger partial charge in [-0.1, -0.05) is 24.0 Å². The zero-order valence-corrected chi connectivity index (χ0v) is 19.9. The Morgan fingerprint density at radius 1 is 0.944 bits per heavy atom. The van der Waals surface area contributed by atoms with E-state index < -0.39 is 6.04 Å². The molecule has 1 unspecified atom stereocenters. The molecule has 0 saturated carbocycles. The fourth-order valence-corrected chi connectivity index (χ4v) is 2.93. The molecule has 0 saturated heterocycles. The van der Waals surface area contributed by atoms with Crippen molar-refractivity contribution < 1.29 is 37.7 Å². The predicted molar refractivity (Wildman–Crippen MR) is 164 cm³/mol. The normalized spacial score (nSPS) is 11.9. The molecule has 1 atom stereocenters. The first kappa shape index (κ1) is 28.3. The summed E-state index contributed by atoms with van der Waals surface area (Å²) in [4.78, 5) is 30.8. The van der Waals surface area contributed by atoms with E-state index >= 15 is 0 Å². The van der Waals surface area contributed by atoms with Gasteiger partial charge in [-0.25, -0.2) is 4.79 Å². The molecule has 0 radical (unpaired) electrons. The Kier molecular flexibility index (Phi) is 13.3. The fraction of sp³-hybridized carbons (Fsp3) is 0.167. The van der Waals surface area contributed by atoms with Gasteiger partial charge in [-0.05, 0) is 109 Å². The van der Waals surface area contributed by atoms with Crippen LogP contribution in [0.1, 0.15) is 55.1 Å². The molecule has 1 aromatic rings. The van der Waals surface area contributed by atoms with E-state index in [-0.39, 0.29) is 31.2 Å². The highest BCUT2D eigenvalue weighted by molar-refractivity contribution is 5.79. The van der Waals surface area contributed by atoms with Crippen LogP contribution in [0, 0.1) is 89.8 Å². The van der Waals surface area contributed by atoms with Crippen LogP contribution in [-0.2, 0) is 14.3 Å². The Labute approximate surface area is 230 Å². The molecular formula is C30H46N2O4. The molecule has 0 fully saturated rings. The van der Waals surface area contributed by atoms with Crippen molar-refractivity contribution in [3.05, 3.63) is 46.2 Å². The fourth-order valence-electron chi connectivity index (χ4n) is 2.93. The summed E-state index contributed by atoms with van der Waals surface area (Å²) in [7, 11) is 0. The van der Waals surface area contributed by atoms with Gasteiger partial charge in [0.25, 0.3) is 6.47 Å². The van der Waals surface area contributed by atoms with E-state index in [1.165, 1.54) is 0 Å². The summed E-state index contributed by atoms with van der Waals surface area (Å²) in [5, 5.41) is 5.58. The average molecular weight is 499 g/mol. The number of benzene rings is 1. The van der Waals surface area contributed by atoms with Gasteiger partial charge < -0.3 is 20.2 Å². The van der Waals surface area contributed by atoms with Crippen LogP contribution in [0.15, 0.2) is 29.5 Å². The van der Waals surface area contributed by atoms with Crippen molar-refractivity contribution in [2.45, 2.75) is 26.8 Å². The maximum atomic E-state index is 12.1. The molecule has 6 nitrogen and oxygen atoms in total. The lowest BCUT2D eigenvalue weighted by molar-refractivity contribution is -0.127. The average Bonchev–Trinajstić information content (AvgIpc) is 2.87. The molecule has 0 aromatic heterocycles. The van der Waals surface area contributed by atoms with Crippen molar-refractivity contribution in [2.75, 3.05) is 6.61 Å². The van der Waals surface area contributed by atoms with Crippen LogP contribution in [0.5, 0.6) is 0 Å². The van der Waals surface area contributed by atoms with Crippen molar-refractivity contribution in [3.63, 3.8) is 0 Å². The molecule has 2 amide bonds. The maximum absolute atomic E-state index is 12.1. The maximum Gasteiger partial charge on any atom is 0.319 e. The van der Waals surface area contributed by atoms with Gasteiger partial charge in [-0.2, -0.15) is 0 Å². The van der Waals surface area contributed by atoms with Crippen molar-refractivity contribution >= 4 is 19.3 Å². The van der Waals surface area contributed by atoms with E-state index in [1.807, 2.05) is 31.9 Å². The highest BCUT2D eigenvalue weighted by Gasteiger charge is 2.29. The van der Waals surface area contributed by atoms with E-state index in [9.17, 15) is 9.59 Å². The van der Waals surface area contributed by atoms with Crippen LogP contribution >= 0.6 is 0 Å². The third-order valence-corrected chi connectivity index (χ3v) is 4.34. The van der Waals surface area contributed by atoms with Crippen molar-refractivity contribution in [1.29, 1.82) is 0 Å². The molecule has 1 aromatic carbocycles. The van der Waals surface area contributed by atoms with Crippen LogP contribution in [0.4, 0.5) is 4.79 Å². The minimum atomic E-state index is -0.498. The number of urea groups is 1. The van der Waals surface area contributed by atoms with Gasteiger partial charge in [-0.3, -0.25) is 4.79 Å². The molecule has 36 heavy (non-hydrogen) atoms. The molecule has 0 bridgehead atoms. The molecule has 0 aliphatic carbocycles. The van der Waals surface area contributed by atoms with Crippen molar-refractivity contribution in [3.8, 4) is 82.9 Å². The monoisotopic (exact) mass is 498 g/mol. The lowest BCUT2D eigenvalue weighted by Gasteiger charge is -2.30. The molecule has 2 rings (SSSR count). The highest BCUT2D eigenvalue weighted by atomic mass is 16.5. The summed E-state index contributed by atoms with van der Waals surface area (Å²) < 4.78 is 4.96. The predicted octanol–water partition coefficient (Wildman–Crippen LogP) is 5.20. The summed E-state index contributed by atoms with van der Waals surface area (Å²) in [6, 6.07) is 4.78. The first-order chi connectivity index (χ1) is 17.6. The number of hydrogen-bond donors (Lipinski definition) is 2. The first-order valence-corrected chi connectivity index (χ1v) is 10.2. The lowest BCUT2D eigenvalue weighted by Crippen LogP contribution is -2.44. The van der Waals surface area contributed by atoms with Crippen LogP contribution in [0.2, 0.25) is 0 Å². The number of nitrogens with one attached hydrogen (secondary N) is 2. The summed E-state index contributed by atoms with van der Waals surface area (Å²) in [6.45, 7) is 7.78. The van der Waals surface area contributed by atoms with Gasteiger partial charge in [0.15, 0.2) is 0 Å². The SMILES string of the molecule is C=O.CC#CC#CC#CC#CC#CC#CC#Cc1cccc(C)c1C1NC(=O)NC(C)=C1COC=O.[HH].[HH].[HH].[HH].[HH].[HH].[HH].[HH].[HH].[HH].[HH].[HH].[HH]. The van der Waals surface area contributed by atoms with E-state index in [0.29, 0.717) is 17.7 Å². The topological polar surface area (TPSA) is 84.5 Å². The van der Waals surface area contributed by atoms with E-state index in [0.717, 1.165) is 16.7 Å². The second kappa shape index (κ2) is 16.9. The minimum Gasteiger partial charge on any atom is -0.463 e. The molecule has 200 valence electrons. The van der Waals surface area contributed by atoms with Gasteiger partial charge in [-0.15, -0.1) is 0 Å². The van der Waals surface area contributed by atoms with E-state index in [1.54, 1.807) is 13.8 Å². The number of aryl methyl sites for hydroxylation is 1. The van der Waals surface area contributed by atoms with Crippen LogP contribution < -0.4 is 10.6 Å². The third kappa shape index (κ3) is 9.42. The number of carbonyl (C=O) groups excluding carboxylic acids is 3. The van der Waals surface area contributed by atoms with Crippen molar-refractivity contribution in [2.24, 2.45) is 0 Å². The molecule has 2 N–H and O–H groups in total. The number of carbonyl (C=O) groups is 3. The molecule has 1 aliphatic heterocycles. The number of ether oxygens (including phenoxy) is 1. The Morgan fingerprint density at radius 3 is 2.06 bits per heavy atom. The Balaban J connectivity index is -0.0000000771. The number of rotatable bonds is 4. The van der Waals surface area contributed by atoms with Crippen LogP contribution in [0.25, 0.3) is 0 Å². The minimum absolute atomic E-state index is 0. The van der Waals surface area contributed by atoms with E-state index in [4.69, 9.17) is 9.53 Å². The van der Waals surface area contributed by atoms with Gasteiger partial charge in [0.05, 0.1) is 6.04 Å². The summed E-state index contributed by atoms with van der Waals surface area (Å²) in [5.74, 6) is 36.6. The first-order valence-electron chi connectivity index (χ1n) is 10.2. The summed E-state index contributed by atoms with van der Waals surface area (Å²) >= 11 is 0. The van der Waals surface area contributed by atoms with Gasteiger partial charge >= 0.3 is 6.03 Å².